The molecule has 1 unspecified atom stereocenters. The van der Waals surface area contributed by atoms with Crippen LogP contribution >= 0.6 is 23.2 Å². The number of hydrogen-bond acceptors (Lipinski definition) is 1. The zero-order valence-electron chi connectivity index (χ0n) is 7.27. The zero-order valence-corrected chi connectivity index (χ0v) is 8.78. The van der Waals surface area contributed by atoms with Gasteiger partial charge in [-0.1, -0.05) is 29.3 Å². The highest BCUT2D eigenvalue weighted by Gasteiger charge is 2.35. The van der Waals surface area contributed by atoms with E-state index in [9.17, 15) is 13.9 Å². The van der Waals surface area contributed by atoms with E-state index < -0.39 is 12.0 Å². The molecule has 0 saturated heterocycles. The molecular weight excluding hydrogens is 233 g/mol. The van der Waals surface area contributed by atoms with E-state index in [-0.39, 0.29) is 10.6 Å². The Balaban J connectivity index is 3.19. The molecule has 5 heteroatoms. The van der Waals surface area contributed by atoms with Crippen molar-refractivity contribution in [2.45, 2.75) is 19.0 Å². The van der Waals surface area contributed by atoms with Crippen LogP contribution in [0.3, 0.4) is 0 Å². The summed E-state index contributed by atoms with van der Waals surface area (Å²) in [5.41, 5.74) is -2.28. The first-order valence-electron chi connectivity index (χ1n) is 3.81. The monoisotopic (exact) mass is 240 g/mol. The van der Waals surface area contributed by atoms with Gasteiger partial charge in [-0.3, -0.25) is 0 Å². The van der Waals surface area contributed by atoms with E-state index in [1.165, 1.54) is 18.2 Å². The van der Waals surface area contributed by atoms with Crippen LogP contribution in [-0.2, 0) is 5.60 Å². The van der Waals surface area contributed by atoms with Crippen molar-refractivity contribution in [3.05, 3.63) is 33.8 Å². The molecule has 0 aliphatic rings. The molecule has 1 N–H and O–H groups in total. The van der Waals surface area contributed by atoms with E-state index in [0.29, 0.717) is 5.02 Å². The van der Waals surface area contributed by atoms with Gasteiger partial charge >= 0.3 is 0 Å². The van der Waals surface area contributed by atoms with Crippen LogP contribution in [-0.4, -0.2) is 11.5 Å². The quantitative estimate of drug-likeness (QED) is 0.840. The topological polar surface area (TPSA) is 20.2 Å². The lowest BCUT2D eigenvalue weighted by Crippen LogP contribution is -2.30. The van der Waals surface area contributed by atoms with Gasteiger partial charge in [-0.15, -0.1) is 0 Å². The number of halogens is 4. The molecule has 78 valence electrons. The molecule has 0 fully saturated rings. The van der Waals surface area contributed by atoms with Gasteiger partial charge in [0.1, 0.15) is 5.60 Å². The Morgan fingerprint density at radius 3 is 2.36 bits per heavy atom. The van der Waals surface area contributed by atoms with E-state index in [1.54, 1.807) is 0 Å². The van der Waals surface area contributed by atoms with Gasteiger partial charge in [0.15, 0.2) is 0 Å². The van der Waals surface area contributed by atoms with Crippen LogP contribution in [0.5, 0.6) is 0 Å². The third kappa shape index (κ3) is 2.16. The minimum atomic E-state index is -2.90. The number of alkyl halides is 2. The molecule has 1 atom stereocenters. The van der Waals surface area contributed by atoms with E-state index in [4.69, 9.17) is 23.2 Å². The molecule has 1 aromatic carbocycles. The van der Waals surface area contributed by atoms with Gasteiger partial charge in [-0.2, -0.15) is 0 Å². The summed E-state index contributed by atoms with van der Waals surface area (Å²) in [5, 5.41) is 9.82. The van der Waals surface area contributed by atoms with Crippen LogP contribution in [0, 0.1) is 0 Å². The molecule has 0 aromatic heterocycles. The summed E-state index contributed by atoms with van der Waals surface area (Å²) in [6, 6.07) is 4.01. The first-order valence-corrected chi connectivity index (χ1v) is 4.57. The predicted octanol–water partition coefficient (Wildman–Crippen LogP) is 3.47. The number of hydrogen-bond donors (Lipinski definition) is 1. The molecule has 0 saturated carbocycles. The van der Waals surface area contributed by atoms with Crippen LogP contribution in [0.2, 0.25) is 10.0 Å². The van der Waals surface area contributed by atoms with E-state index in [0.717, 1.165) is 6.92 Å². The second kappa shape index (κ2) is 4.01. The van der Waals surface area contributed by atoms with Gasteiger partial charge in [-0.05, 0) is 19.1 Å². The molecular formula is C9H8Cl2F2O. The SMILES string of the molecule is CC(O)(c1ccc(Cl)cc1Cl)C(F)F. The molecule has 1 nitrogen and oxygen atoms in total. The average Bonchev–Trinajstić information content (AvgIpc) is 2.02. The molecule has 1 aromatic rings. The number of benzene rings is 1. The average molecular weight is 241 g/mol. The second-order valence-corrected chi connectivity index (χ2v) is 3.92. The normalized spacial score (nSPS) is 15.6. The molecule has 0 radical (unpaired) electrons. The van der Waals surface area contributed by atoms with Crippen molar-refractivity contribution in [1.29, 1.82) is 0 Å². The highest BCUT2D eigenvalue weighted by molar-refractivity contribution is 6.35. The van der Waals surface area contributed by atoms with E-state index >= 15 is 0 Å². The Kier molecular flexibility index (Phi) is 3.35. The molecule has 14 heavy (non-hydrogen) atoms. The van der Waals surface area contributed by atoms with Crippen LogP contribution < -0.4 is 0 Å². The molecule has 0 aliphatic heterocycles. The Labute approximate surface area is 90.3 Å². The Morgan fingerprint density at radius 1 is 1.36 bits per heavy atom. The zero-order chi connectivity index (χ0) is 10.9. The van der Waals surface area contributed by atoms with Crippen LogP contribution in [0.1, 0.15) is 12.5 Å². The van der Waals surface area contributed by atoms with Crippen molar-refractivity contribution in [2.24, 2.45) is 0 Å². The summed E-state index contributed by atoms with van der Waals surface area (Å²) in [4.78, 5) is 0. The standard InChI is InChI=1S/C9H8Cl2F2O/c1-9(14,8(12)13)6-3-2-5(10)4-7(6)11/h2-4,8,14H,1H3. The minimum Gasteiger partial charge on any atom is -0.379 e. The third-order valence-corrected chi connectivity index (χ3v) is 2.45. The lowest BCUT2D eigenvalue weighted by molar-refractivity contribution is -0.0882. The van der Waals surface area contributed by atoms with Crippen LogP contribution in [0.4, 0.5) is 8.78 Å². The summed E-state index contributed by atoms with van der Waals surface area (Å²) >= 11 is 11.3. The fourth-order valence-corrected chi connectivity index (χ4v) is 1.62. The summed E-state index contributed by atoms with van der Waals surface area (Å²) in [6.07, 6.45) is -2.90. The first kappa shape index (κ1) is 11.7. The molecule has 0 aliphatic carbocycles. The molecule has 0 heterocycles. The lowest BCUT2D eigenvalue weighted by atomic mass is 9.97. The van der Waals surface area contributed by atoms with Crippen molar-refractivity contribution in [1.82, 2.24) is 0 Å². The predicted molar refractivity (Wildman–Crippen MR) is 52.0 cm³/mol. The fraction of sp³-hybridized carbons (Fsp3) is 0.333. The van der Waals surface area contributed by atoms with Gasteiger partial charge < -0.3 is 5.11 Å². The lowest BCUT2D eigenvalue weighted by Gasteiger charge is -2.23. The van der Waals surface area contributed by atoms with Crippen molar-refractivity contribution in [2.75, 3.05) is 0 Å². The maximum atomic E-state index is 12.4. The molecule has 0 spiro atoms. The maximum Gasteiger partial charge on any atom is 0.270 e. The highest BCUT2D eigenvalue weighted by atomic mass is 35.5. The summed E-state index contributed by atoms with van der Waals surface area (Å²) in [6.45, 7) is 1.01. The van der Waals surface area contributed by atoms with Gasteiger partial charge in [-0.25, -0.2) is 8.78 Å². The van der Waals surface area contributed by atoms with Gasteiger partial charge in [0, 0.05) is 15.6 Å². The van der Waals surface area contributed by atoms with Crippen molar-refractivity contribution >= 4 is 23.2 Å². The fourth-order valence-electron chi connectivity index (χ4n) is 1.02. The third-order valence-electron chi connectivity index (χ3n) is 1.90. The van der Waals surface area contributed by atoms with Crippen molar-refractivity contribution in [3.63, 3.8) is 0 Å². The molecule has 1 rings (SSSR count). The van der Waals surface area contributed by atoms with Gasteiger partial charge in [0.05, 0.1) is 0 Å². The second-order valence-electron chi connectivity index (χ2n) is 3.07. The Morgan fingerprint density at radius 2 is 1.93 bits per heavy atom. The Bertz CT molecular complexity index is 340. The summed E-state index contributed by atoms with van der Waals surface area (Å²) < 4.78 is 24.9. The molecule has 0 amide bonds. The minimum absolute atomic E-state index is 0.0291. The van der Waals surface area contributed by atoms with Crippen molar-refractivity contribution in [3.8, 4) is 0 Å². The summed E-state index contributed by atoms with van der Waals surface area (Å²) in [7, 11) is 0. The van der Waals surface area contributed by atoms with Crippen LogP contribution in [0.25, 0.3) is 0 Å². The highest BCUT2D eigenvalue weighted by Crippen LogP contribution is 2.34. The van der Waals surface area contributed by atoms with E-state index in [2.05, 4.69) is 0 Å². The number of rotatable bonds is 2. The van der Waals surface area contributed by atoms with E-state index in [1.807, 2.05) is 0 Å². The van der Waals surface area contributed by atoms with Gasteiger partial charge in [0.25, 0.3) is 6.43 Å². The summed E-state index contributed by atoms with van der Waals surface area (Å²) in [5.74, 6) is 0. The smallest absolute Gasteiger partial charge is 0.270 e. The van der Waals surface area contributed by atoms with Gasteiger partial charge in [0.2, 0.25) is 0 Å². The largest absolute Gasteiger partial charge is 0.379 e. The Hall–Kier alpha value is -0.380. The first-order chi connectivity index (χ1) is 6.35. The maximum absolute atomic E-state index is 12.4. The molecule has 0 bridgehead atoms. The van der Waals surface area contributed by atoms with Crippen LogP contribution in [0.15, 0.2) is 18.2 Å². The number of aliphatic hydroxyl groups is 1. The van der Waals surface area contributed by atoms with Crippen molar-refractivity contribution < 1.29 is 13.9 Å².